The molecule has 0 radical (unpaired) electrons. The molecule has 3 rings (SSSR count). The normalized spacial score (nSPS) is 10.7. The van der Waals surface area contributed by atoms with Crippen LogP contribution in [0, 0.1) is 13.8 Å². The van der Waals surface area contributed by atoms with Crippen LogP contribution in [0.1, 0.15) is 22.5 Å². The Bertz CT molecular complexity index is 911. The molecule has 26 heavy (non-hydrogen) atoms. The van der Waals surface area contributed by atoms with Crippen molar-refractivity contribution in [2.75, 3.05) is 11.1 Å². The molecule has 0 atom stereocenters. The second kappa shape index (κ2) is 8.51. The maximum Gasteiger partial charge on any atom is 0.234 e. The van der Waals surface area contributed by atoms with Crippen molar-refractivity contribution in [2.24, 2.45) is 0 Å². The maximum absolute atomic E-state index is 12.2. The fourth-order valence-electron chi connectivity index (χ4n) is 2.45. The van der Waals surface area contributed by atoms with Gasteiger partial charge in [0.15, 0.2) is 0 Å². The Morgan fingerprint density at radius 3 is 2.69 bits per heavy atom. The molecule has 0 spiro atoms. The van der Waals surface area contributed by atoms with Gasteiger partial charge in [-0.1, -0.05) is 58.0 Å². The van der Waals surface area contributed by atoms with Gasteiger partial charge in [-0.3, -0.25) is 9.89 Å². The number of rotatable bonds is 6. The van der Waals surface area contributed by atoms with Gasteiger partial charge in [0.25, 0.3) is 0 Å². The van der Waals surface area contributed by atoms with Gasteiger partial charge in [-0.15, -0.1) is 5.10 Å². The van der Waals surface area contributed by atoms with Crippen LogP contribution in [0.5, 0.6) is 0 Å². The van der Waals surface area contributed by atoms with E-state index in [0.29, 0.717) is 11.6 Å². The molecule has 1 amide bonds. The molecule has 0 unspecified atom stereocenters. The second-order valence-corrected chi connectivity index (χ2v) is 7.71. The molecule has 3 aromatic rings. The van der Waals surface area contributed by atoms with Crippen LogP contribution in [0.15, 0.2) is 52.1 Å². The van der Waals surface area contributed by atoms with E-state index in [1.165, 1.54) is 17.3 Å². The first-order valence-corrected chi connectivity index (χ1v) is 9.94. The van der Waals surface area contributed by atoms with E-state index >= 15 is 0 Å². The van der Waals surface area contributed by atoms with Crippen molar-refractivity contribution in [3.8, 4) is 0 Å². The van der Waals surface area contributed by atoms with Gasteiger partial charge >= 0.3 is 0 Å². The van der Waals surface area contributed by atoms with Crippen LogP contribution in [0.2, 0.25) is 0 Å². The first-order chi connectivity index (χ1) is 12.5. The minimum absolute atomic E-state index is 0.0748. The van der Waals surface area contributed by atoms with E-state index in [0.717, 1.165) is 27.1 Å². The van der Waals surface area contributed by atoms with Crippen LogP contribution >= 0.6 is 27.7 Å². The van der Waals surface area contributed by atoms with E-state index in [2.05, 4.69) is 36.4 Å². The van der Waals surface area contributed by atoms with Gasteiger partial charge in [0.1, 0.15) is 5.82 Å². The summed E-state index contributed by atoms with van der Waals surface area (Å²) in [4.78, 5) is 16.7. The fraction of sp³-hybridized carbons (Fsp3) is 0.211. The molecule has 0 aliphatic carbocycles. The number of amides is 1. The van der Waals surface area contributed by atoms with Crippen molar-refractivity contribution in [1.29, 1.82) is 0 Å². The highest BCUT2D eigenvalue weighted by atomic mass is 79.9. The van der Waals surface area contributed by atoms with Gasteiger partial charge < -0.3 is 5.32 Å². The minimum atomic E-state index is -0.0748. The van der Waals surface area contributed by atoms with Gasteiger partial charge in [0.05, 0.1) is 5.75 Å². The van der Waals surface area contributed by atoms with Crippen LogP contribution in [0.4, 0.5) is 5.69 Å². The first-order valence-electron chi connectivity index (χ1n) is 8.16. The quantitative estimate of drug-likeness (QED) is 0.564. The molecule has 0 fully saturated rings. The zero-order valence-electron chi connectivity index (χ0n) is 14.5. The summed E-state index contributed by atoms with van der Waals surface area (Å²) >= 11 is 4.81. The molecule has 134 valence electrons. The molecule has 0 aliphatic rings. The Balaban J connectivity index is 1.54. The van der Waals surface area contributed by atoms with Gasteiger partial charge in [0, 0.05) is 16.6 Å². The maximum atomic E-state index is 12.2. The van der Waals surface area contributed by atoms with E-state index in [1.54, 1.807) is 0 Å². The van der Waals surface area contributed by atoms with Crippen molar-refractivity contribution in [2.45, 2.75) is 25.4 Å². The third-order valence-electron chi connectivity index (χ3n) is 4.05. The monoisotopic (exact) mass is 430 g/mol. The molecule has 1 heterocycles. The van der Waals surface area contributed by atoms with Crippen LogP contribution < -0.4 is 5.32 Å². The Hall–Kier alpha value is -2.12. The van der Waals surface area contributed by atoms with E-state index < -0.39 is 0 Å². The highest BCUT2D eigenvalue weighted by Gasteiger charge is 2.11. The summed E-state index contributed by atoms with van der Waals surface area (Å²) in [5.41, 5.74) is 4.17. The summed E-state index contributed by atoms with van der Waals surface area (Å²) in [7, 11) is 0. The number of carbonyl (C=O) groups is 1. The van der Waals surface area contributed by atoms with Gasteiger partial charge in [-0.25, -0.2) is 4.98 Å². The molecular weight excluding hydrogens is 412 g/mol. The van der Waals surface area contributed by atoms with Crippen molar-refractivity contribution < 1.29 is 4.79 Å². The largest absolute Gasteiger partial charge is 0.325 e. The second-order valence-electron chi connectivity index (χ2n) is 5.91. The van der Waals surface area contributed by atoms with Crippen LogP contribution in [0.25, 0.3) is 0 Å². The molecule has 0 saturated heterocycles. The Morgan fingerprint density at radius 1 is 1.15 bits per heavy atom. The number of H-pyrrole nitrogens is 1. The molecule has 2 aromatic carbocycles. The number of thioether (sulfide) groups is 1. The molecular formula is C19H19BrN4OS. The lowest BCUT2D eigenvalue weighted by Crippen LogP contribution is -2.15. The molecule has 0 bridgehead atoms. The lowest BCUT2D eigenvalue weighted by Gasteiger charge is -2.11. The molecule has 0 aliphatic heterocycles. The van der Waals surface area contributed by atoms with Gasteiger partial charge in [-0.05, 0) is 42.7 Å². The summed E-state index contributed by atoms with van der Waals surface area (Å²) in [6, 6.07) is 13.9. The molecule has 0 saturated carbocycles. The van der Waals surface area contributed by atoms with Crippen LogP contribution in [0.3, 0.4) is 0 Å². The van der Waals surface area contributed by atoms with E-state index in [4.69, 9.17) is 0 Å². The number of hydrogen-bond donors (Lipinski definition) is 2. The summed E-state index contributed by atoms with van der Waals surface area (Å²) in [5, 5.41) is 10.6. The Kier molecular flexibility index (Phi) is 6.11. The number of hydrogen-bond acceptors (Lipinski definition) is 4. The molecule has 1 aromatic heterocycles. The number of benzene rings is 2. The summed E-state index contributed by atoms with van der Waals surface area (Å²) < 4.78 is 1.04. The van der Waals surface area contributed by atoms with Crippen LogP contribution in [-0.2, 0) is 11.2 Å². The van der Waals surface area contributed by atoms with Crippen LogP contribution in [-0.4, -0.2) is 26.8 Å². The minimum Gasteiger partial charge on any atom is -0.325 e. The summed E-state index contributed by atoms with van der Waals surface area (Å²) in [6.45, 7) is 4.01. The van der Waals surface area contributed by atoms with Gasteiger partial charge in [-0.2, -0.15) is 0 Å². The first kappa shape index (κ1) is 18.7. The molecule has 2 N–H and O–H groups in total. The number of halogens is 1. The predicted octanol–water partition coefficient (Wildman–Crippen LogP) is 4.51. The smallest absolute Gasteiger partial charge is 0.234 e. The van der Waals surface area contributed by atoms with E-state index in [1.807, 2.05) is 56.3 Å². The van der Waals surface area contributed by atoms with Crippen molar-refractivity contribution >= 4 is 39.3 Å². The van der Waals surface area contributed by atoms with Gasteiger partial charge in [0.2, 0.25) is 11.1 Å². The third kappa shape index (κ3) is 4.74. The standard InChI is InChI=1S/C19H19BrN4OS/c1-12-13(2)16(9-8-15(12)20)21-18(25)11-26-19-22-17(23-24-19)10-14-6-4-3-5-7-14/h3-9H,10-11H2,1-2H3,(H,21,25)(H,22,23,24). The highest BCUT2D eigenvalue weighted by Crippen LogP contribution is 2.26. The summed E-state index contributed by atoms with van der Waals surface area (Å²) in [6.07, 6.45) is 0.692. The fourth-order valence-corrected chi connectivity index (χ4v) is 3.50. The third-order valence-corrected chi connectivity index (χ3v) is 5.76. The van der Waals surface area contributed by atoms with E-state index in [9.17, 15) is 4.79 Å². The Labute approximate surface area is 165 Å². The lowest BCUT2D eigenvalue weighted by atomic mass is 10.1. The average molecular weight is 431 g/mol. The SMILES string of the molecule is Cc1c(Br)ccc(NC(=O)CSc2n[nH]c(Cc3ccccc3)n2)c1C. The summed E-state index contributed by atoms with van der Waals surface area (Å²) in [5.74, 6) is 0.977. The number of nitrogens with one attached hydrogen (secondary N) is 2. The topological polar surface area (TPSA) is 70.7 Å². The number of aromatic nitrogens is 3. The van der Waals surface area contributed by atoms with E-state index in [-0.39, 0.29) is 11.7 Å². The number of anilines is 1. The average Bonchev–Trinajstić information content (AvgIpc) is 3.09. The Morgan fingerprint density at radius 2 is 1.92 bits per heavy atom. The predicted molar refractivity (Wildman–Crippen MR) is 109 cm³/mol. The zero-order chi connectivity index (χ0) is 18.5. The van der Waals surface area contributed by atoms with Crippen molar-refractivity contribution in [1.82, 2.24) is 15.2 Å². The highest BCUT2D eigenvalue weighted by molar-refractivity contribution is 9.10. The van der Waals surface area contributed by atoms with Crippen molar-refractivity contribution in [3.63, 3.8) is 0 Å². The van der Waals surface area contributed by atoms with Crippen molar-refractivity contribution in [3.05, 3.63) is 69.5 Å². The number of nitrogens with zero attached hydrogens (tertiary/aromatic N) is 2. The lowest BCUT2D eigenvalue weighted by molar-refractivity contribution is -0.113. The molecule has 5 nitrogen and oxygen atoms in total. The molecule has 7 heteroatoms. The number of aromatic amines is 1. The number of carbonyl (C=O) groups excluding carboxylic acids is 1. The zero-order valence-corrected chi connectivity index (χ0v) is 16.9.